The third-order valence-corrected chi connectivity index (χ3v) is 4.95. The molecule has 0 unspecified atom stereocenters. The van der Waals surface area contributed by atoms with Gasteiger partial charge in [0, 0.05) is 19.5 Å². The third-order valence-electron chi connectivity index (χ3n) is 4.95. The van der Waals surface area contributed by atoms with Crippen molar-refractivity contribution in [3.8, 4) is 0 Å². The predicted molar refractivity (Wildman–Crippen MR) is 102 cm³/mol. The van der Waals surface area contributed by atoms with Crippen LogP contribution in [0.25, 0.3) is 10.9 Å². The Morgan fingerprint density at radius 3 is 2.77 bits per heavy atom. The summed E-state index contributed by atoms with van der Waals surface area (Å²) in [5.41, 5.74) is 1.95. The van der Waals surface area contributed by atoms with Crippen LogP contribution in [0.15, 0.2) is 59.4 Å². The summed E-state index contributed by atoms with van der Waals surface area (Å²) in [5, 5.41) is 0.637. The van der Waals surface area contributed by atoms with Gasteiger partial charge in [-0.2, -0.15) is 0 Å². The molecule has 2 heterocycles. The zero-order chi connectivity index (χ0) is 17.9. The Balaban J connectivity index is 1.54. The van der Waals surface area contributed by atoms with Crippen molar-refractivity contribution >= 4 is 10.9 Å². The summed E-state index contributed by atoms with van der Waals surface area (Å²) in [7, 11) is 0. The van der Waals surface area contributed by atoms with Gasteiger partial charge in [-0.1, -0.05) is 42.5 Å². The summed E-state index contributed by atoms with van der Waals surface area (Å²) in [6.07, 6.45) is 0.912. The maximum Gasteiger partial charge on any atom is 0.258 e. The van der Waals surface area contributed by atoms with E-state index in [-0.39, 0.29) is 17.7 Å². The van der Waals surface area contributed by atoms with Crippen molar-refractivity contribution in [1.29, 1.82) is 0 Å². The van der Waals surface area contributed by atoms with Gasteiger partial charge in [-0.15, -0.1) is 0 Å². The maximum absolute atomic E-state index is 12.3. The van der Waals surface area contributed by atoms with E-state index in [2.05, 4.69) is 46.1 Å². The topological polar surface area (TPSA) is 58.2 Å². The fourth-order valence-corrected chi connectivity index (χ4v) is 3.60. The molecule has 0 saturated carbocycles. The second-order valence-electron chi connectivity index (χ2n) is 6.85. The Kier molecular flexibility index (Phi) is 4.82. The highest BCUT2D eigenvalue weighted by molar-refractivity contribution is 5.77. The van der Waals surface area contributed by atoms with Crippen molar-refractivity contribution in [2.45, 2.75) is 25.5 Å². The van der Waals surface area contributed by atoms with E-state index in [0.717, 1.165) is 24.4 Å². The molecule has 1 aliphatic rings. The number of ether oxygens (including phenoxy) is 1. The normalized spacial score (nSPS) is 21.1. The molecule has 1 N–H and O–H groups in total. The quantitative estimate of drug-likeness (QED) is 0.787. The molecular weight excluding hydrogens is 326 g/mol. The number of nitrogens with one attached hydrogen (secondary N) is 1. The summed E-state index contributed by atoms with van der Waals surface area (Å²) in [5.74, 6) is 0.736. The summed E-state index contributed by atoms with van der Waals surface area (Å²) in [6.45, 7) is 4.49. The van der Waals surface area contributed by atoms with Crippen LogP contribution in [0.1, 0.15) is 24.4 Å². The van der Waals surface area contributed by atoms with Gasteiger partial charge >= 0.3 is 0 Å². The lowest BCUT2D eigenvalue weighted by Gasteiger charge is -2.38. The third kappa shape index (κ3) is 3.54. The van der Waals surface area contributed by atoms with Crippen molar-refractivity contribution in [2.24, 2.45) is 0 Å². The Morgan fingerprint density at radius 2 is 1.92 bits per heavy atom. The maximum atomic E-state index is 12.3. The summed E-state index contributed by atoms with van der Waals surface area (Å²) >= 11 is 0. The number of rotatable bonds is 4. The molecule has 134 valence electrons. The molecule has 1 aliphatic heterocycles. The van der Waals surface area contributed by atoms with Gasteiger partial charge in [-0.3, -0.25) is 9.69 Å². The molecule has 1 aromatic heterocycles. The van der Waals surface area contributed by atoms with Crippen LogP contribution >= 0.6 is 0 Å². The highest BCUT2D eigenvalue weighted by Crippen LogP contribution is 2.26. The number of benzene rings is 2. The van der Waals surface area contributed by atoms with Crippen LogP contribution in [-0.2, 0) is 11.2 Å². The summed E-state index contributed by atoms with van der Waals surface area (Å²) < 4.78 is 5.89. The first kappa shape index (κ1) is 16.9. The lowest BCUT2D eigenvalue weighted by molar-refractivity contribution is -0.0559. The van der Waals surface area contributed by atoms with Crippen molar-refractivity contribution in [3.05, 3.63) is 76.3 Å². The van der Waals surface area contributed by atoms with Crippen LogP contribution in [-0.4, -0.2) is 40.7 Å². The minimum Gasteiger partial charge on any atom is -0.375 e. The molecular formula is C21H23N3O2. The van der Waals surface area contributed by atoms with E-state index in [1.807, 2.05) is 24.3 Å². The van der Waals surface area contributed by atoms with Gasteiger partial charge < -0.3 is 9.72 Å². The number of para-hydroxylation sites is 1. The van der Waals surface area contributed by atoms with E-state index in [1.54, 1.807) is 6.07 Å². The van der Waals surface area contributed by atoms with Crippen molar-refractivity contribution in [2.75, 3.05) is 19.7 Å². The zero-order valence-electron chi connectivity index (χ0n) is 14.9. The standard InChI is InChI=1S/C21H23N3O2/c1-15-13-24(19(14-26-15)16-7-3-2-4-8-16)12-11-20-22-18-10-6-5-9-17(18)21(25)23-20/h2-10,15,19H,11-14H2,1H3,(H,22,23,25)/t15-,19+/m1/s1. The Bertz CT molecular complexity index is 939. The zero-order valence-corrected chi connectivity index (χ0v) is 14.9. The van der Waals surface area contributed by atoms with Crippen molar-refractivity contribution in [3.63, 3.8) is 0 Å². The molecule has 4 rings (SSSR count). The van der Waals surface area contributed by atoms with Gasteiger partial charge in [0.15, 0.2) is 0 Å². The fourth-order valence-electron chi connectivity index (χ4n) is 3.60. The van der Waals surface area contributed by atoms with E-state index < -0.39 is 0 Å². The van der Waals surface area contributed by atoms with Gasteiger partial charge in [-0.05, 0) is 24.6 Å². The molecule has 0 aliphatic carbocycles. The highest BCUT2D eigenvalue weighted by Gasteiger charge is 2.27. The van der Waals surface area contributed by atoms with Gasteiger partial charge in [0.25, 0.3) is 5.56 Å². The van der Waals surface area contributed by atoms with Crippen molar-refractivity contribution in [1.82, 2.24) is 14.9 Å². The van der Waals surface area contributed by atoms with Gasteiger partial charge in [-0.25, -0.2) is 4.98 Å². The number of nitrogens with zero attached hydrogens (tertiary/aromatic N) is 2. The molecule has 5 heteroatoms. The average Bonchev–Trinajstić information content (AvgIpc) is 2.67. The van der Waals surface area contributed by atoms with E-state index in [4.69, 9.17) is 4.74 Å². The van der Waals surface area contributed by atoms with E-state index in [1.165, 1.54) is 5.56 Å². The van der Waals surface area contributed by atoms with Crippen LogP contribution in [0.5, 0.6) is 0 Å². The van der Waals surface area contributed by atoms with Crippen molar-refractivity contribution < 1.29 is 4.74 Å². The van der Waals surface area contributed by atoms with Gasteiger partial charge in [0.05, 0.1) is 29.7 Å². The first-order chi connectivity index (χ1) is 12.7. The number of morpholine rings is 1. The molecule has 0 spiro atoms. The summed E-state index contributed by atoms with van der Waals surface area (Å²) in [6, 6.07) is 18.1. The second-order valence-corrected chi connectivity index (χ2v) is 6.85. The number of fused-ring (bicyclic) bond motifs is 1. The second kappa shape index (κ2) is 7.40. The Morgan fingerprint density at radius 1 is 1.15 bits per heavy atom. The number of hydrogen-bond acceptors (Lipinski definition) is 4. The largest absolute Gasteiger partial charge is 0.375 e. The number of hydrogen-bond donors (Lipinski definition) is 1. The number of aromatic nitrogens is 2. The molecule has 0 amide bonds. The van der Waals surface area contributed by atoms with Crippen LogP contribution < -0.4 is 5.56 Å². The van der Waals surface area contributed by atoms with Crippen LogP contribution in [0.2, 0.25) is 0 Å². The molecule has 1 saturated heterocycles. The average molecular weight is 349 g/mol. The lowest BCUT2D eigenvalue weighted by atomic mass is 10.0. The molecule has 2 atom stereocenters. The van der Waals surface area contributed by atoms with E-state index >= 15 is 0 Å². The summed E-state index contributed by atoms with van der Waals surface area (Å²) in [4.78, 5) is 22.2. The monoisotopic (exact) mass is 349 g/mol. The number of H-pyrrole nitrogens is 1. The van der Waals surface area contributed by atoms with Crippen LogP contribution in [0.4, 0.5) is 0 Å². The van der Waals surface area contributed by atoms with Gasteiger partial charge in [0.2, 0.25) is 0 Å². The Hall–Kier alpha value is -2.50. The smallest absolute Gasteiger partial charge is 0.258 e. The van der Waals surface area contributed by atoms with E-state index in [9.17, 15) is 4.79 Å². The highest BCUT2D eigenvalue weighted by atomic mass is 16.5. The molecule has 0 radical (unpaired) electrons. The van der Waals surface area contributed by atoms with Gasteiger partial charge in [0.1, 0.15) is 5.82 Å². The molecule has 2 aromatic carbocycles. The first-order valence-electron chi connectivity index (χ1n) is 9.09. The minimum atomic E-state index is -0.0689. The predicted octanol–water partition coefficient (Wildman–Crippen LogP) is 2.93. The molecule has 1 fully saturated rings. The molecule has 26 heavy (non-hydrogen) atoms. The number of aromatic amines is 1. The van der Waals surface area contributed by atoms with E-state index in [0.29, 0.717) is 18.4 Å². The van der Waals surface area contributed by atoms with Crippen LogP contribution in [0, 0.1) is 0 Å². The lowest BCUT2D eigenvalue weighted by Crippen LogP contribution is -2.44. The molecule has 3 aromatic rings. The SMILES string of the molecule is C[C@@H]1CN(CCc2nc3ccccc3c(=O)[nH]2)[C@H](c2ccccc2)CO1. The minimum absolute atomic E-state index is 0.0689. The van der Waals surface area contributed by atoms with Crippen LogP contribution in [0.3, 0.4) is 0 Å². The fraction of sp³-hybridized carbons (Fsp3) is 0.333. The first-order valence-corrected chi connectivity index (χ1v) is 9.09. The Labute approximate surface area is 152 Å². The molecule has 5 nitrogen and oxygen atoms in total. The molecule has 0 bridgehead atoms.